The number of aldehydes is 1. The number of carbonyl (C=O) groups is 1. The van der Waals surface area contributed by atoms with Gasteiger partial charge in [-0.2, -0.15) is 8.78 Å². The van der Waals surface area contributed by atoms with Gasteiger partial charge in [-0.25, -0.2) is 9.97 Å². The highest BCUT2D eigenvalue weighted by Gasteiger charge is 2.37. The van der Waals surface area contributed by atoms with E-state index in [1.807, 2.05) is 30.0 Å². The monoisotopic (exact) mass is 403 g/mol. The second-order valence-electron chi connectivity index (χ2n) is 7.39. The van der Waals surface area contributed by atoms with E-state index in [2.05, 4.69) is 9.97 Å². The van der Waals surface area contributed by atoms with Gasteiger partial charge >= 0.3 is 5.92 Å². The summed E-state index contributed by atoms with van der Waals surface area (Å²) in [4.78, 5) is 20.8. The Bertz CT molecular complexity index is 1030. The molecule has 0 atom stereocenters. The second kappa shape index (κ2) is 8.02. The number of carbonyl (C=O) groups excluding carboxylic acids is 1. The van der Waals surface area contributed by atoms with Crippen LogP contribution in [-0.4, -0.2) is 42.6 Å². The predicted octanol–water partition coefficient (Wildman–Crippen LogP) is 4.37. The number of nitrogens with zero attached hydrogens (tertiary/aromatic N) is 3. The van der Waals surface area contributed by atoms with Crippen LogP contribution in [0.3, 0.4) is 0 Å². The average molecular weight is 403 g/mol. The van der Waals surface area contributed by atoms with Crippen molar-refractivity contribution in [3.63, 3.8) is 0 Å². The Hall–Kier alpha value is -2.61. The minimum Gasteiger partial charge on any atom is -0.450 e. The standard InChI is InChI=1S/C21H23F2N3O3/c1-14-5-6-15-16(13-14)29-18-17(15)24-20(25-19(18)26-8-2-3-9-26)21(22,23)7-4-11-28-12-10-27/h5-6,10,13H,2-4,7-9,11-12H2,1H3. The highest BCUT2D eigenvalue weighted by atomic mass is 19.3. The number of hydrogen-bond acceptors (Lipinski definition) is 6. The Kier molecular flexibility index (Phi) is 5.45. The Morgan fingerprint density at radius 1 is 1.28 bits per heavy atom. The number of fused-ring (bicyclic) bond motifs is 3. The third-order valence-electron chi connectivity index (χ3n) is 5.15. The summed E-state index contributed by atoms with van der Waals surface area (Å²) in [5.41, 5.74) is 2.52. The molecule has 0 saturated carbocycles. The molecule has 1 saturated heterocycles. The van der Waals surface area contributed by atoms with Crippen LogP contribution in [0.25, 0.3) is 22.1 Å². The molecule has 0 spiro atoms. The predicted molar refractivity (Wildman–Crippen MR) is 106 cm³/mol. The molecule has 3 aromatic rings. The second-order valence-corrected chi connectivity index (χ2v) is 7.39. The lowest BCUT2D eigenvalue weighted by molar-refractivity contribution is -0.112. The van der Waals surface area contributed by atoms with Gasteiger partial charge in [0.15, 0.2) is 11.4 Å². The van der Waals surface area contributed by atoms with Gasteiger partial charge in [0.05, 0.1) is 0 Å². The van der Waals surface area contributed by atoms with Gasteiger partial charge in [-0.3, -0.25) is 0 Å². The quantitative estimate of drug-likeness (QED) is 0.411. The van der Waals surface area contributed by atoms with Crippen molar-refractivity contribution >= 4 is 34.2 Å². The molecule has 154 valence electrons. The molecule has 0 radical (unpaired) electrons. The van der Waals surface area contributed by atoms with Gasteiger partial charge in [-0.05, 0) is 43.9 Å². The molecule has 0 bridgehead atoms. The molecule has 4 rings (SSSR count). The minimum atomic E-state index is -3.21. The van der Waals surface area contributed by atoms with Gasteiger partial charge in [0.2, 0.25) is 5.82 Å². The summed E-state index contributed by atoms with van der Waals surface area (Å²) in [7, 11) is 0. The van der Waals surface area contributed by atoms with Crippen molar-refractivity contribution in [1.82, 2.24) is 9.97 Å². The summed E-state index contributed by atoms with van der Waals surface area (Å²) in [6.45, 7) is 3.46. The zero-order chi connectivity index (χ0) is 20.4. The maximum absolute atomic E-state index is 14.9. The van der Waals surface area contributed by atoms with Crippen molar-refractivity contribution in [3.8, 4) is 0 Å². The minimum absolute atomic E-state index is 0.0868. The summed E-state index contributed by atoms with van der Waals surface area (Å²) in [5, 5.41) is 0.708. The lowest BCUT2D eigenvalue weighted by Gasteiger charge is -2.20. The van der Waals surface area contributed by atoms with Crippen LogP contribution >= 0.6 is 0 Å². The number of furan rings is 1. The van der Waals surface area contributed by atoms with Crippen LogP contribution in [0.2, 0.25) is 0 Å². The van der Waals surface area contributed by atoms with E-state index in [9.17, 15) is 13.6 Å². The molecule has 29 heavy (non-hydrogen) atoms. The number of hydrogen-bond donors (Lipinski definition) is 0. The van der Waals surface area contributed by atoms with Gasteiger partial charge in [-0.15, -0.1) is 0 Å². The Labute approximate surface area is 166 Å². The van der Waals surface area contributed by atoms with Gasteiger partial charge in [0, 0.05) is 31.5 Å². The fourth-order valence-corrected chi connectivity index (χ4v) is 3.68. The molecule has 0 N–H and O–H groups in total. The van der Waals surface area contributed by atoms with Crippen molar-refractivity contribution in [2.75, 3.05) is 31.2 Å². The van der Waals surface area contributed by atoms with E-state index in [1.54, 1.807) is 0 Å². The third kappa shape index (κ3) is 3.94. The topological polar surface area (TPSA) is 68.5 Å². The fraction of sp³-hybridized carbons (Fsp3) is 0.476. The zero-order valence-electron chi connectivity index (χ0n) is 16.3. The van der Waals surface area contributed by atoms with E-state index >= 15 is 0 Å². The highest BCUT2D eigenvalue weighted by Crippen LogP contribution is 2.38. The normalized spacial score (nSPS) is 14.9. The molecule has 0 aliphatic carbocycles. The van der Waals surface area contributed by atoms with E-state index in [1.165, 1.54) is 0 Å². The smallest absolute Gasteiger partial charge is 0.306 e. The third-order valence-corrected chi connectivity index (χ3v) is 5.15. The Morgan fingerprint density at radius 2 is 2.07 bits per heavy atom. The Morgan fingerprint density at radius 3 is 2.83 bits per heavy atom. The number of benzene rings is 1. The average Bonchev–Trinajstić information content (AvgIpc) is 3.34. The summed E-state index contributed by atoms with van der Waals surface area (Å²) in [6.07, 6.45) is 2.23. The molecular formula is C21H23F2N3O3. The van der Waals surface area contributed by atoms with E-state index in [-0.39, 0.29) is 19.6 Å². The summed E-state index contributed by atoms with van der Waals surface area (Å²) >= 11 is 0. The number of aromatic nitrogens is 2. The maximum Gasteiger partial charge on any atom is 0.306 e. The number of alkyl halides is 2. The molecule has 1 aromatic carbocycles. The van der Waals surface area contributed by atoms with Crippen molar-refractivity contribution in [1.29, 1.82) is 0 Å². The first-order valence-corrected chi connectivity index (χ1v) is 9.85. The van der Waals surface area contributed by atoms with Crippen molar-refractivity contribution < 1.29 is 22.7 Å². The number of rotatable bonds is 8. The molecule has 0 amide bonds. The van der Waals surface area contributed by atoms with E-state index in [0.29, 0.717) is 34.2 Å². The van der Waals surface area contributed by atoms with Crippen LogP contribution in [0, 0.1) is 6.92 Å². The van der Waals surface area contributed by atoms with Crippen LogP contribution in [-0.2, 0) is 15.5 Å². The lowest BCUT2D eigenvalue weighted by Crippen LogP contribution is -2.24. The summed E-state index contributed by atoms with van der Waals surface area (Å²) in [6, 6.07) is 5.65. The molecule has 1 fully saturated rings. The van der Waals surface area contributed by atoms with Crippen molar-refractivity contribution in [3.05, 3.63) is 29.6 Å². The molecule has 1 aliphatic rings. The van der Waals surface area contributed by atoms with Crippen LogP contribution in [0.4, 0.5) is 14.6 Å². The van der Waals surface area contributed by atoms with E-state index in [4.69, 9.17) is 9.15 Å². The van der Waals surface area contributed by atoms with Gasteiger partial charge in [0.1, 0.15) is 24.0 Å². The van der Waals surface area contributed by atoms with Crippen LogP contribution in [0.1, 0.15) is 37.1 Å². The molecule has 2 aromatic heterocycles. The fourth-order valence-electron chi connectivity index (χ4n) is 3.68. The van der Waals surface area contributed by atoms with Gasteiger partial charge < -0.3 is 18.8 Å². The first kappa shape index (κ1) is 19.7. The van der Waals surface area contributed by atoms with Crippen molar-refractivity contribution in [2.24, 2.45) is 0 Å². The lowest BCUT2D eigenvalue weighted by atomic mass is 10.1. The molecule has 0 unspecified atom stereocenters. The molecule has 1 aliphatic heterocycles. The first-order chi connectivity index (χ1) is 14.0. The van der Waals surface area contributed by atoms with E-state index in [0.717, 1.165) is 31.5 Å². The zero-order valence-corrected chi connectivity index (χ0v) is 16.3. The van der Waals surface area contributed by atoms with E-state index < -0.39 is 18.2 Å². The number of halogens is 2. The van der Waals surface area contributed by atoms with Gasteiger partial charge in [-0.1, -0.05) is 6.07 Å². The van der Waals surface area contributed by atoms with Crippen LogP contribution in [0.15, 0.2) is 22.6 Å². The molecular weight excluding hydrogens is 380 g/mol. The van der Waals surface area contributed by atoms with Crippen LogP contribution in [0.5, 0.6) is 0 Å². The van der Waals surface area contributed by atoms with Gasteiger partial charge in [0.25, 0.3) is 0 Å². The molecule has 8 heteroatoms. The van der Waals surface area contributed by atoms with Crippen LogP contribution < -0.4 is 4.90 Å². The number of anilines is 1. The van der Waals surface area contributed by atoms with Crippen molar-refractivity contribution in [2.45, 2.75) is 38.5 Å². The number of aryl methyl sites for hydroxylation is 1. The summed E-state index contributed by atoms with van der Waals surface area (Å²) in [5.74, 6) is -3.26. The highest BCUT2D eigenvalue weighted by molar-refractivity contribution is 6.06. The largest absolute Gasteiger partial charge is 0.450 e. The first-order valence-electron chi connectivity index (χ1n) is 9.85. The maximum atomic E-state index is 14.9. The molecule has 6 nitrogen and oxygen atoms in total. The SMILES string of the molecule is Cc1ccc2c(c1)oc1c(N3CCCC3)nc(C(F)(F)CCCOCC=O)nc12. The summed E-state index contributed by atoms with van der Waals surface area (Å²) < 4.78 is 40.8. The molecule has 3 heterocycles. The number of ether oxygens (including phenoxy) is 1. The Balaban J connectivity index is 1.75.